The number of rotatable bonds is 8. The molecule has 2 rings (SSSR count). The molecule has 0 aliphatic rings. The molecule has 0 spiro atoms. The molecule has 0 fully saturated rings. The third-order valence-electron chi connectivity index (χ3n) is 3.64. The highest BCUT2D eigenvalue weighted by Crippen LogP contribution is 2.19. The Balaban J connectivity index is 1.74. The van der Waals surface area contributed by atoms with Crippen LogP contribution < -0.4 is 15.4 Å². The molecule has 0 radical (unpaired) electrons. The molecule has 0 heterocycles. The summed E-state index contributed by atoms with van der Waals surface area (Å²) in [4.78, 5) is 34.7. The van der Waals surface area contributed by atoms with Gasteiger partial charge in [0.1, 0.15) is 5.75 Å². The zero-order chi connectivity index (χ0) is 19.6. The van der Waals surface area contributed by atoms with E-state index in [0.717, 1.165) is 5.56 Å². The van der Waals surface area contributed by atoms with Crippen LogP contribution in [-0.2, 0) is 25.5 Å². The first-order valence-electron chi connectivity index (χ1n) is 8.43. The Morgan fingerprint density at radius 3 is 2.19 bits per heavy atom. The first-order chi connectivity index (χ1) is 13.0. The number of carbonyl (C=O) groups is 3. The van der Waals surface area contributed by atoms with Crippen LogP contribution in [0.1, 0.15) is 18.9 Å². The molecular weight excluding hydrogens is 348 g/mol. The molecule has 0 saturated heterocycles. The number of methoxy groups -OCH3 is 1. The molecule has 7 heteroatoms. The van der Waals surface area contributed by atoms with E-state index >= 15 is 0 Å². The van der Waals surface area contributed by atoms with Crippen molar-refractivity contribution in [2.75, 3.05) is 24.4 Å². The molecule has 142 valence electrons. The summed E-state index contributed by atoms with van der Waals surface area (Å²) in [6.45, 7) is 1.05. The van der Waals surface area contributed by atoms with Gasteiger partial charge < -0.3 is 20.1 Å². The number of nitrogens with one attached hydrogen (secondary N) is 2. The van der Waals surface area contributed by atoms with Crippen molar-refractivity contribution in [3.05, 3.63) is 54.1 Å². The van der Waals surface area contributed by atoms with Gasteiger partial charge in [-0.15, -0.1) is 0 Å². The number of para-hydroxylation sites is 1. The zero-order valence-electron chi connectivity index (χ0n) is 15.3. The molecule has 7 nitrogen and oxygen atoms in total. The van der Waals surface area contributed by atoms with E-state index in [9.17, 15) is 14.4 Å². The summed E-state index contributed by atoms with van der Waals surface area (Å²) in [5.74, 6) is -0.359. The maximum absolute atomic E-state index is 11.9. The maximum Gasteiger partial charge on any atom is 0.306 e. The SMILES string of the molecule is COc1ccccc1CCC(=O)OCC(=O)Nc1ccc(NC(C)=O)cc1. The van der Waals surface area contributed by atoms with Gasteiger partial charge in [0.05, 0.1) is 7.11 Å². The van der Waals surface area contributed by atoms with Crippen molar-refractivity contribution in [3.8, 4) is 5.75 Å². The average molecular weight is 370 g/mol. The lowest BCUT2D eigenvalue weighted by atomic mass is 10.1. The monoisotopic (exact) mass is 370 g/mol. The second-order valence-corrected chi connectivity index (χ2v) is 5.78. The number of hydrogen-bond acceptors (Lipinski definition) is 5. The predicted molar refractivity (Wildman–Crippen MR) is 102 cm³/mol. The largest absolute Gasteiger partial charge is 0.496 e. The van der Waals surface area contributed by atoms with Crippen molar-refractivity contribution in [1.82, 2.24) is 0 Å². The number of amides is 2. The molecule has 0 unspecified atom stereocenters. The molecule has 2 amide bonds. The lowest BCUT2D eigenvalue weighted by Gasteiger charge is -2.09. The van der Waals surface area contributed by atoms with Gasteiger partial charge in [-0.2, -0.15) is 0 Å². The first-order valence-corrected chi connectivity index (χ1v) is 8.43. The smallest absolute Gasteiger partial charge is 0.306 e. The Morgan fingerprint density at radius 2 is 1.56 bits per heavy atom. The van der Waals surface area contributed by atoms with E-state index in [1.807, 2.05) is 24.3 Å². The lowest BCUT2D eigenvalue weighted by molar-refractivity contribution is -0.147. The molecule has 0 aliphatic carbocycles. The average Bonchev–Trinajstić information content (AvgIpc) is 2.66. The van der Waals surface area contributed by atoms with Crippen molar-refractivity contribution >= 4 is 29.2 Å². The molecule has 0 aliphatic heterocycles. The number of carbonyl (C=O) groups excluding carboxylic acids is 3. The summed E-state index contributed by atoms with van der Waals surface area (Å²) in [5, 5.41) is 5.25. The van der Waals surface area contributed by atoms with Gasteiger partial charge in [0.2, 0.25) is 5.91 Å². The van der Waals surface area contributed by atoms with Crippen LogP contribution in [0.15, 0.2) is 48.5 Å². The number of benzene rings is 2. The molecule has 0 bridgehead atoms. The van der Waals surface area contributed by atoms with Crippen LogP contribution in [0.25, 0.3) is 0 Å². The number of ether oxygens (including phenoxy) is 2. The van der Waals surface area contributed by atoms with Gasteiger partial charge >= 0.3 is 5.97 Å². The number of aryl methyl sites for hydroxylation is 1. The summed E-state index contributed by atoms with van der Waals surface area (Å²) in [6, 6.07) is 14.0. The standard InChI is InChI=1S/C20H22N2O5/c1-14(23)21-16-8-10-17(11-9-16)22-19(24)13-27-20(25)12-7-15-5-3-4-6-18(15)26-2/h3-6,8-11H,7,12-13H2,1-2H3,(H,21,23)(H,22,24). The van der Waals surface area contributed by atoms with Gasteiger partial charge in [-0.3, -0.25) is 14.4 Å². The van der Waals surface area contributed by atoms with Crippen LogP contribution in [0.2, 0.25) is 0 Å². The fourth-order valence-electron chi connectivity index (χ4n) is 2.40. The Labute approximate surface area is 157 Å². The van der Waals surface area contributed by atoms with Crippen LogP contribution >= 0.6 is 0 Å². The van der Waals surface area contributed by atoms with E-state index in [1.165, 1.54) is 6.92 Å². The third kappa shape index (κ3) is 6.81. The molecule has 0 saturated carbocycles. The van der Waals surface area contributed by atoms with Crippen LogP contribution in [-0.4, -0.2) is 31.5 Å². The molecule has 2 aromatic rings. The number of esters is 1. The van der Waals surface area contributed by atoms with Crippen LogP contribution in [0, 0.1) is 0 Å². The summed E-state index contributed by atoms with van der Waals surface area (Å²) >= 11 is 0. The van der Waals surface area contributed by atoms with Crippen LogP contribution in [0.3, 0.4) is 0 Å². The summed E-state index contributed by atoms with van der Waals surface area (Å²) < 4.78 is 10.2. The van der Waals surface area contributed by atoms with E-state index < -0.39 is 11.9 Å². The molecule has 27 heavy (non-hydrogen) atoms. The van der Waals surface area contributed by atoms with Gasteiger partial charge in [-0.05, 0) is 42.3 Å². The quantitative estimate of drug-likeness (QED) is 0.697. The van der Waals surface area contributed by atoms with Crippen LogP contribution in [0.4, 0.5) is 11.4 Å². The Bertz CT molecular complexity index is 802. The minimum absolute atomic E-state index is 0.152. The van der Waals surface area contributed by atoms with Crippen LogP contribution in [0.5, 0.6) is 5.75 Å². The lowest BCUT2D eigenvalue weighted by Crippen LogP contribution is -2.21. The highest BCUT2D eigenvalue weighted by atomic mass is 16.5. The van der Waals surface area contributed by atoms with Crippen molar-refractivity contribution in [2.24, 2.45) is 0 Å². The van der Waals surface area contributed by atoms with E-state index in [1.54, 1.807) is 31.4 Å². The predicted octanol–water partition coefficient (Wildman–Crippen LogP) is 2.77. The minimum atomic E-state index is -0.461. The van der Waals surface area contributed by atoms with Gasteiger partial charge in [0, 0.05) is 24.7 Å². The second kappa shape index (κ2) is 9.96. The second-order valence-electron chi connectivity index (χ2n) is 5.78. The van der Waals surface area contributed by atoms with Crippen molar-refractivity contribution in [1.29, 1.82) is 0 Å². The van der Waals surface area contributed by atoms with Gasteiger partial charge in [0.25, 0.3) is 5.91 Å². The zero-order valence-corrected chi connectivity index (χ0v) is 15.3. The summed E-state index contributed by atoms with van der Waals surface area (Å²) in [5.41, 5.74) is 2.07. The highest BCUT2D eigenvalue weighted by molar-refractivity contribution is 5.93. The normalized spacial score (nSPS) is 10.0. The number of anilines is 2. The first kappa shape index (κ1) is 20.0. The Hall–Kier alpha value is -3.35. The van der Waals surface area contributed by atoms with E-state index in [4.69, 9.17) is 9.47 Å². The Morgan fingerprint density at radius 1 is 0.926 bits per heavy atom. The van der Waals surface area contributed by atoms with Crippen molar-refractivity contribution in [2.45, 2.75) is 19.8 Å². The number of hydrogen-bond donors (Lipinski definition) is 2. The van der Waals surface area contributed by atoms with E-state index in [-0.39, 0.29) is 18.9 Å². The molecular formula is C20H22N2O5. The molecule has 2 aromatic carbocycles. The fourth-order valence-corrected chi connectivity index (χ4v) is 2.40. The highest BCUT2D eigenvalue weighted by Gasteiger charge is 2.10. The van der Waals surface area contributed by atoms with Crippen molar-refractivity contribution < 1.29 is 23.9 Å². The van der Waals surface area contributed by atoms with Gasteiger partial charge in [-0.25, -0.2) is 0 Å². The van der Waals surface area contributed by atoms with E-state index in [0.29, 0.717) is 23.5 Å². The fraction of sp³-hybridized carbons (Fsp3) is 0.250. The van der Waals surface area contributed by atoms with Gasteiger partial charge in [-0.1, -0.05) is 18.2 Å². The molecule has 2 N–H and O–H groups in total. The Kier molecular flexibility index (Phi) is 7.37. The van der Waals surface area contributed by atoms with E-state index in [2.05, 4.69) is 10.6 Å². The van der Waals surface area contributed by atoms with Gasteiger partial charge in [0.15, 0.2) is 6.61 Å². The van der Waals surface area contributed by atoms with Crippen molar-refractivity contribution in [3.63, 3.8) is 0 Å². The third-order valence-corrected chi connectivity index (χ3v) is 3.64. The molecule has 0 atom stereocenters. The topological polar surface area (TPSA) is 93.7 Å². The summed E-state index contributed by atoms with van der Waals surface area (Å²) in [7, 11) is 1.57. The maximum atomic E-state index is 11.9. The molecule has 0 aromatic heterocycles. The summed E-state index contributed by atoms with van der Waals surface area (Å²) in [6.07, 6.45) is 0.619. The minimum Gasteiger partial charge on any atom is -0.496 e.